The van der Waals surface area contributed by atoms with Gasteiger partial charge >= 0.3 is 0 Å². The summed E-state index contributed by atoms with van der Waals surface area (Å²) in [7, 11) is 0. The summed E-state index contributed by atoms with van der Waals surface area (Å²) in [5.41, 5.74) is 6.51. The Labute approximate surface area is 149 Å². The highest BCUT2D eigenvalue weighted by Gasteiger charge is 2.27. The van der Waals surface area contributed by atoms with Crippen LogP contribution in [0.2, 0.25) is 0 Å². The van der Waals surface area contributed by atoms with Gasteiger partial charge in [-0.05, 0) is 48.6 Å². The molecule has 2 heterocycles. The number of carbonyl (C=O) groups is 3. The largest absolute Gasteiger partial charge is 0.369 e. The fourth-order valence-electron chi connectivity index (χ4n) is 2.87. The van der Waals surface area contributed by atoms with E-state index in [1.165, 1.54) is 11.3 Å². The van der Waals surface area contributed by atoms with E-state index >= 15 is 0 Å². The third kappa shape index (κ3) is 4.06. The quantitative estimate of drug-likeness (QED) is 0.879. The first-order valence-corrected chi connectivity index (χ1v) is 8.96. The second kappa shape index (κ2) is 7.48. The van der Waals surface area contributed by atoms with Crippen LogP contribution in [0.4, 0.5) is 5.69 Å². The van der Waals surface area contributed by atoms with Gasteiger partial charge in [0.05, 0.1) is 10.8 Å². The van der Waals surface area contributed by atoms with Gasteiger partial charge < -0.3 is 16.0 Å². The smallest absolute Gasteiger partial charge is 0.265 e. The molecule has 0 spiro atoms. The lowest BCUT2D eigenvalue weighted by Crippen LogP contribution is -2.44. The van der Waals surface area contributed by atoms with E-state index in [2.05, 4.69) is 5.32 Å². The van der Waals surface area contributed by atoms with Gasteiger partial charge in [-0.2, -0.15) is 0 Å². The molecule has 1 aromatic carbocycles. The summed E-state index contributed by atoms with van der Waals surface area (Å²) < 4.78 is 0. The van der Waals surface area contributed by atoms with Gasteiger partial charge in [-0.15, -0.1) is 11.3 Å². The Hall–Kier alpha value is -2.67. The molecule has 130 valence electrons. The molecule has 1 atom stereocenters. The number of piperidine rings is 1. The molecule has 25 heavy (non-hydrogen) atoms. The van der Waals surface area contributed by atoms with Crippen LogP contribution >= 0.6 is 11.3 Å². The minimum Gasteiger partial charge on any atom is -0.369 e. The standard InChI is InChI=1S/C18H19N3O3S/c19-16(22)13-3-1-9-21(11-13)18(24)12-5-7-14(8-6-12)20-17(23)15-4-2-10-25-15/h2,4-8,10,13H,1,3,9,11H2,(H2,19,22)(H,20,23)/t13-/m0/s1. The summed E-state index contributed by atoms with van der Waals surface area (Å²) in [6.45, 7) is 0.991. The Morgan fingerprint density at radius 1 is 1.16 bits per heavy atom. The van der Waals surface area contributed by atoms with E-state index in [1.54, 1.807) is 35.2 Å². The number of thiophene rings is 1. The van der Waals surface area contributed by atoms with Crippen LogP contribution in [0.5, 0.6) is 0 Å². The number of nitrogens with zero attached hydrogens (tertiary/aromatic N) is 1. The van der Waals surface area contributed by atoms with Crippen molar-refractivity contribution in [2.75, 3.05) is 18.4 Å². The predicted octanol–water partition coefficient (Wildman–Crippen LogP) is 2.34. The Balaban J connectivity index is 1.64. The SMILES string of the molecule is NC(=O)[C@H]1CCCN(C(=O)c2ccc(NC(=O)c3cccs3)cc2)C1. The lowest BCUT2D eigenvalue weighted by atomic mass is 9.97. The monoisotopic (exact) mass is 357 g/mol. The normalized spacial score (nSPS) is 17.1. The molecule has 3 rings (SSSR count). The van der Waals surface area contributed by atoms with Crippen LogP contribution in [0.1, 0.15) is 32.9 Å². The molecule has 0 saturated carbocycles. The molecule has 0 radical (unpaired) electrons. The first kappa shape index (κ1) is 17.2. The number of rotatable bonds is 4. The minimum absolute atomic E-state index is 0.123. The average molecular weight is 357 g/mol. The first-order chi connectivity index (χ1) is 12.0. The van der Waals surface area contributed by atoms with Crippen LogP contribution in [0, 0.1) is 5.92 Å². The molecular weight excluding hydrogens is 338 g/mol. The summed E-state index contributed by atoms with van der Waals surface area (Å²) in [4.78, 5) is 38.2. The molecule has 0 unspecified atom stereocenters. The number of primary amides is 1. The topological polar surface area (TPSA) is 92.5 Å². The Morgan fingerprint density at radius 2 is 1.92 bits per heavy atom. The number of nitrogens with one attached hydrogen (secondary N) is 1. The number of carbonyl (C=O) groups excluding carboxylic acids is 3. The number of anilines is 1. The molecule has 1 fully saturated rings. The zero-order chi connectivity index (χ0) is 17.8. The van der Waals surface area contributed by atoms with Crippen LogP contribution in [0.15, 0.2) is 41.8 Å². The number of hydrogen-bond acceptors (Lipinski definition) is 4. The third-order valence-corrected chi connectivity index (χ3v) is 5.11. The first-order valence-electron chi connectivity index (χ1n) is 8.08. The van der Waals surface area contributed by atoms with Gasteiger partial charge in [0, 0.05) is 24.3 Å². The number of hydrogen-bond donors (Lipinski definition) is 2. The van der Waals surface area contributed by atoms with Gasteiger partial charge in [0.2, 0.25) is 5.91 Å². The van der Waals surface area contributed by atoms with Crippen LogP contribution in [0.3, 0.4) is 0 Å². The Morgan fingerprint density at radius 3 is 2.56 bits per heavy atom. The van der Waals surface area contributed by atoms with Crippen LogP contribution < -0.4 is 11.1 Å². The molecule has 1 aliphatic heterocycles. The molecule has 3 amide bonds. The molecule has 1 saturated heterocycles. The fourth-order valence-corrected chi connectivity index (χ4v) is 3.49. The predicted molar refractivity (Wildman–Crippen MR) is 96.5 cm³/mol. The molecular formula is C18H19N3O3S. The van der Waals surface area contributed by atoms with Crippen molar-refractivity contribution in [2.24, 2.45) is 11.7 Å². The van der Waals surface area contributed by atoms with Gasteiger partial charge in [-0.25, -0.2) is 0 Å². The number of nitrogens with two attached hydrogens (primary N) is 1. The van der Waals surface area contributed by atoms with Crippen molar-refractivity contribution >= 4 is 34.7 Å². The number of benzene rings is 1. The summed E-state index contributed by atoms with van der Waals surface area (Å²) >= 11 is 1.37. The van der Waals surface area contributed by atoms with E-state index in [9.17, 15) is 14.4 Å². The van der Waals surface area contributed by atoms with Gasteiger partial charge in [-0.1, -0.05) is 6.07 Å². The summed E-state index contributed by atoms with van der Waals surface area (Å²) in [5, 5.41) is 4.64. The molecule has 1 aliphatic rings. The second-order valence-corrected chi connectivity index (χ2v) is 6.95. The Kier molecular flexibility index (Phi) is 5.14. The van der Waals surface area contributed by atoms with Crippen molar-refractivity contribution in [3.05, 3.63) is 52.2 Å². The second-order valence-electron chi connectivity index (χ2n) is 6.00. The maximum Gasteiger partial charge on any atom is 0.265 e. The zero-order valence-electron chi connectivity index (χ0n) is 13.6. The summed E-state index contributed by atoms with van der Waals surface area (Å²) in [6.07, 6.45) is 1.50. The van der Waals surface area contributed by atoms with E-state index < -0.39 is 0 Å². The van der Waals surface area contributed by atoms with E-state index in [0.717, 1.165) is 12.8 Å². The van der Waals surface area contributed by atoms with Gasteiger partial charge in [0.1, 0.15) is 0 Å². The molecule has 7 heteroatoms. The lowest BCUT2D eigenvalue weighted by molar-refractivity contribution is -0.123. The fraction of sp³-hybridized carbons (Fsp3) is 0.278. The molecule has 0 bridgehead atoms. The lowest BCUT2D eigenvalue weighted by Gasteiger charge is -2.31. The summed E-state index contributed by atoms with van der Waals surface area (Å²) in [5.74, 6) is -0.928. The van der Waals surface area contributed by atoms with Crippen LogP contribution in [-0.2, 0) is 4.79 Å². The van der Waals surface area contributed by atoms with Gasteiger partial charge in [0.15, 0.2) is 0 Å². The van der Waals surface area contributed by atoms with Gasteiger partial charge in [0.25, 0.3) is 11.8 Å². The molecule has 6 nitrogen and oxygen atoms in total. The third-order valence-electron chi connectivity index (χ3n) is 4.25. The summed E-state index contributed by atoms with van der Waals surface area (Å²) in [6, 6.07) is 10.3. The van der Waals surface area contributed by atoms with Crippen LogP contribution in [-0.4, -0.2) is 35.7 Å². The highest BCUT2D eigenvalue weighted by molar-refractivity contribution is 7.12. The van der Waals surface area contributed by atoms with Crippen molar-refractivity contribution in [2.45, 2.75) is 12.8 Å². The highest BCUT2D eigenvalue weighted by atomic mass is 32.1. The number of amides is 3. The number of likely N-dealkylation sites (tertiary alicyclic amines) is 1. The van der Waals surface area contributed by atoms with E-state index in [-0.39, 0.29) is 23.6 Å². The van der Waals surface area contributed by atoms with Crippen molar-refractivity contribution in [1.29, 1.82) is 0 Å². The highest BCUT2D eigenvalue weighted by Crippen LogP contribution is 2.20. The van der Waals surface area contributed by atoms with Crippen molar-refractivity contribution < 1.29 is 14.4 Å². The average Bonchev–Trinajstić information content (AvgIpc) is 3.17. The van der Waals surface area contributed by atoms with E-state index in [4.69, 9.17) is 5.73 Å². The molecule has 1 aromatic heterocycles. The van der Waals surface area contributed by atoms with Crippen molar-refractivity contribution in [3.63, 3.8) is 0 Å². The molecule has 0 aliphatic carbocycles. The molecule has 2 aromatic rings. The van der Waals surface area contributed by atoms with Gasteiger partial charge in [-0.3, -0.25) is 14.4 Å². The zero-order valence-corrected chi connectivity index (χ0v) is 14.4. The maximum absolute atomic E-state index is 12.6. The minimum atomic E-state index is -0.357. The van der Waals surface area contributed by atoms with E-state index in [1.807, 2.05) is 11.4 Å². The van der Waals surface area contributed by atoms with Crippen molar-refractivity contribution in [3.8, 4) is 0 Å². The molecule has 3 N–H and O–H groups in total. The Bertz CT molecular complexity index is 771. The maximum atomic E-state index is 12.6. The van der Waals surface area contributed by atoms with Crippen LogP contribution in [0.25, 0.3) is 0 Å². The van der Waals surface area contributed by atoms with Crippen molar-refractivity contribution in [1.82, 2.24) is 4.90 Å². The van der Waals surface area contributed by atoms with E-state index in [0.29, 0.717) is 29.2 Å².